The summed E-state index contributed by atoms with van der Waals surface area (Å²) >= 11 is 0. The first kappa shape index (κ1) is 19.0. The van der Waals surface area contributed by atoms with Crippen molar-refractivity contribution >= 4 is 21.5 Å². The van der Waals surface area contributed by atoms with Crippen molar-refractivity contribution in [2.45, 2.75) is 49.1 Å². The van der Waals surface area contributed by atoms with Gasteiger partial charge in [0.05, 0.1) is 11.3 Å². The molecule has 0 bridgehead atoms. The largest absolute Gasteiger partial charge is 0.481 e. The van der Waals surface area contributed by atoms with Crippen LogP contribution in [0.5, 0.6) is 0 Å². The van der Waals surface area contributed by atoms with Gasteiger partial charge in [0.15, 0.2) is 9.84 Å². The SMILES string of the molecule is CS(=O)(=O)c1ccc(CN2c3ccccc3C3CCCC(CC(=O)O)C32)cc1. The molecule has 0 aromatic heterocycles. The van der Waals surface area contributed by atoms with Crippen LogP contribution in [0.2, 0.25) is 0 Å². The lowest BCUT2D eigenvalue weighted by molar-refractivity contribution is -0.138. The number of carboxylic acid groups (broad SMARTS) is 1. The lowest BCUT2D eigenvalue weighted by Crippen LogP contribution is -2.42. The lowest BCUT2D eigenvalue weighted by Gasteiger charge is -2.39. The highest BCUT2D eigenvalue weighted by molar-refractivity contribution is 7.90. The van der Waals surface area contributed by atoms with Crippen molar-refractivity contribution in [3.63, 3.8) is 0 Å². The molecule has 0 saturated heterocycles. The summed E-state index contributed by atoms with van der Waals surface area (Å²) < 4.78 is 23.4. The summed E-state index contributed by atoms with van der Waals surface area (Å²) in [7, 11) is -3.22. The number of hydrogen-bond acceptors (Lipinski definition) is 4. The molecular formula is C22H25NO4S. The first-order valence-corrected chi connectivity index (χ1v) is 11.6. The van der Waals surface area contributed by atoms with Crippen molar-refractivity contribution in [1.82, 2.24) is 0 Å². The predicted molar refractivity (Wildman–Crippen MR) is 108 cm³/mol. The van der Waals surface area contributed by atoms with Crippen LogP contribution >= 0.6 is 0 Å². The first-order valence-electron chi connectivity index (χ1n) is 9.71. The Hall–Kier alpha value is -2.34. The van der Waals surface area contributed by atoms with Gasteiger partial charge in [-0.15, -0.1) is 0 Å². The van der Waals surface area contributed by atoms with Gasteiger partial charge in [0.25, 0.3) is 0 Å². The van der Waals surface area contributed by atoms with E-state index in [1.807, 2.05) is 18.2 Å². The minimum Gasteiger partial charge on any atom is -0.481 e. The summed E-state index contributed by atoms with van der Waals surface area (Å²) in [5.74, 6) is -0.248. The van der Waals surface area contributed by atoms with Gasteiger partial charge >= 0.3 is 5.97 Å². The Morgan fingerprint density at radius 3 is 2.50 bits per heavy atom. The van der Waals surface area contributed by atoms with Gasteiger partial charge < -0.3 is 10.0 Å². The van der Waals surface area contributed by atoms with Gasteiger partial charge in [0.1, 0.15) is 0 Å². The molecule has 1 heterocycles. The molecule has 0 spiro atoms. The van der Waals surface area contributed by atoms with E-state index in [-0.39, 0.29) is 18.4 Å². The third kappa shape index (κ3) is 3.53. The Bertz CT molecular complexity index is 984. The van der Waals surface area contributed by atoms with Crippen LogP contribution in [0.25, 0.3) is 0 Å². The highest BCUT2D eigenvalue weighted by atomic mass is 32.2. The van der Waals surface area contributed by atoms with E-state index in [4.69, 9.17) is 0 Å². The number of anilines is 1. The Morgan fingerprint density at radius 2 is 1.82 bits per heavy atom. The van der Waals surface area contributed by atoms with Gasteiger partial charge in [-0.05, 0) is 48.1 Å². The van der Waals surface area contributed by atoms with Gasteiger partial charge in [0, 0.05) is 30.4 Å². The second-order valence-corrected chi connectivity index (χ2v) is 10.0. The summed E-state index contributed by atoms with van der Waals surface area (Å²) in [5, 5.41) is 9.41. The van der Waals surface area contributed by atoms with Crippen LogP contribution in [0.1, 0.15) is 42.7 Å². The van der Waals surface area contributed by atoms with E-state index in [2.05, 4.69) is 23.1 Å². The quantitative estimate of drug-likeness (QED) is 0.827. The third-order valence-electron chi connectivity index (χ3n) is 6.13. The summed E-state index contributed by atoms with van der Waals surface area (Å²) in [5.41, 5.74) is 3.53. The van der Waals surface area contributed by atoms with Gasteiger partial charge in [-0.2, -0.15) is 0 Å². The summed E-state index contributed by atoms with van der Waals surface area (Å²) in [6.07, 6.45) is 4.48. The molecule has 2 aromatic carbocycles. The highest BCUT2D eigenvalue weighted by Crippen LogP contribution is 2.51. The summed E-state index contributed by atoms with van der Waals surface area (Å²) in [6, 6.07) is 15.6. The number of carbonyl (C=O) groups is 1. The van der Waals surface area contributed by atoms with Crippen LogP contribution in [0.3, 0.4) is 0 Å². The van der Waals surface area contributed by atoms with Gasteiger partial charge in [-0.1, -0.05) is 36.8 Å². The lowest BCUT2D eigenvalue weighted by atomic mass is 9.74. The van der Waals surface area contributed by atoms with Gasteiger partial charge in [-0.25, -0.2) is 8.42 Å². The normalized spacial score (nSPS) is 23.9. The molecule has 1 aliphatic carbocycles. The van der Waals surface area contributed by atoms with Crippen LogP contribution in [0, 0.1) is 5.92 Å². The number of sulfone groups is 1. The van der Waals surface area contributed by atoms with Crippen LogP contribution in [0.4, 0.5) is 5.69 Å². The average molecular weight is 400 g/mol. The molecule has 2 aromatic rings. The Morgan fingerprint density at radius 1 is 1.11 bits per heavy atom. The number of benzene rings is 2. The molecule has 28 heavy (non-hydrogen) atoms. The standard InChI is InChI=1S/C22H25NO4S/c1-28(26,27)17-11-9-15(10-12-17)14-23-20-8-3-2-6-18(20)19-7-4-5-16(22(19)23)13-21(24)25/h2-3,6,8-12,16,19,22H,4-5,7,13-14H2,1H3,(H,24,25). The highest BCUT2D eigenvalue weighted by Gasteiger charge is 2.45. The summed E-state index contributed by atoms with van der Waals surface area (Å²) in [6.45, 7) is 0.651. The van der Waals surface area contributed by atoms with Crippen molar-refractivity contribution in [1.29, 1.82) is 0 Å². The van der Waals surface area contributed by atoms with Crippen LogP contribution < -0.4 is 4.90 Å². The molecule has 1 aliphatic heterocycles. The predicted octanol–water partition coefficient (Wildman–Crippen LogP) is 3.84. The van der Waals surface area contributed by atoms with Gasteiger partial charge in [0.2, 0.25) is 0 Å². The van der Waals surface area contributed by atoms with Crippen molar-refractivity contribution in [2.75, 3.05) is 11.2 Å². The van der Waals surface area contributed by atoms with Crippen LogP contribution in [0.15, 0.2) is 53.4 Å². The number of rotatable bonds is 5. The van der Waals surface area contributed by atoms with Crippen LogP contribution in [-0.2, 0) is 21.2 Å². The fourth-order valence-electron chi connectivity index (χ4n) is 4.98. The molecule has 1 fully saturated rings. The van der Waals surface area contributed by atoms with Crippen molar-refractivity contribution in [3.05, 3.63) is 59.7 Å². The molecule has 3 atom stereocenters. The molecule has 2 aliphatic rings. The smallest absolute Gasteiger partial charge is 0.303 e. The van der Waals surface area contributed by atoms with Crippen molar-refractivity contribution < 1.29 is 18.3 Å². The maximum absolute atomic E-state index is 11.7. The fraction of sp³-hybridized carbons (Fsp3) is 0.409. The van der Waals surface area contributed by atoms with E-state index in [0.717, 1.165) is 24.8 Å². The van der Waals surface area contributed by atoms with E-state index in [1.165, 1.54) is 17.5 Å². The molecule has 1 N–H and O–H groups in total. The molecular weight excluding hydrogens is 374 g/mol. The summed E-state index contributed by atoms with van der Waals surface area (Å²) in [4.78, 5) is 14.1. The molecule has 5 nitrogen and oxygen atoms in total. The number of hydrogen-bond donors (Lipinski definition) is 1. The third-order valence-corrected chi connectivity index (χ3v) is 7.26. The van der Waals surface area contributed by atoms with Crippen molar-refractivity contribution in [3.8, 4) is 0 Å². The Kier molecular flexibility index (Phi) is 4.91. The number of para-hydroxylation sites is 1. The second-order valence-electron chi connectivity index (χ2n) is 7.99. The number of carboxylic acids is 1. The zero-order valence-electron chi connectivity index (χ0n) is 15.9. The second kappa shape index (κ2) is 7.24. The Labute approximate surface area is 165 Å². The van der Waals surface area contributed by atoms with Crippen LogP contribution in [-0.4, -0.2) is 31.8 Å². The molecule has 1 saturated carbocycles. The number of fused-ring (bicyclic) bond motifs is 3. The average Bonchev–Trinajstić information content (AvgIpc) is 2.96. The van der Waals surface area contributed by atoms with Gasteiger partial charge in [-0.3, -0.25) is 4.79 Å². The fourth-order valence-corrected chi connectivity index (χ4v) is 5.61. The minimum atomic E-state index is -3.22. The zero-order chi connectivity index (χ0) is 19.9. The first-order chi connectivity index (χ1) is 13.3. The van der Waals surface area contributed by atoms with E-state index >= 15 is 0 Å². The van der Waals surface area contributed by atoms with E-state index in [0.29, 0.717) is 17.4 Å². The molecule has 0 radical (unpaired) electrons. The maximum Gasteiger partial charge on any atom is 0.303 e. The topological polar surface area (TPSA) is 74.7 Å². The molecule has 0 amide bonds. The molecule has 148 valence electrons. The molecule has 6 heteroatoms. The van der Waals surface area contributed by atoms with E-state index in [1.54, 1.807) is 12.1 Å². The minimum absolute atomic E-state index is 0.124. The Balaban J connectivity index is 1.67. The number of nitrogens with zero attached hydrogens (tertiary/aromatic N) is 1. The van der Waals surface area contributed by atoms with Crippen molar-refractivity contribution in [2.24, 2.45) is 5.92 Å². The monoisotopic (exact) mass is 399 g/mol. The molecule has 3 unspecified atom stereocenters. The van der Waals surface area contributed by atoms with E-state index in [9.17, 15) is 18.3 Å². The zero-order valence-corrected chi connectivity index (χ0v) is 16.7. The molecule has 4 rings (SSSR count). The maximum atomic E-state index is 11.7. The van der Waals surface area contributed by atoms with E-state index < -0.39 is 15.8 Å². The number of aliphatic carboxylic acids is 1.